The van der Waals surface area contributed by atoms with Gasteiger partial charge < -0.3 is 51.5 Å². The number of rotatable bonds is 14. The van der Waals surface area contributed by atoms with E-state index in [1.54, 1.807) is 37.7 Å². The number of nitrogens with zero attached hydrogens (tertiary/aromatic N) is 4. The molecule has 8 atom stereocenters. The van der Waals surface area contributed by atoms with Crippen LogP contribution < -0.4 is 41.7 Å². The molecule has 7 rings (SSSR count). The molecule has 0 radical (unpaired) electrons. The van der Waals surface area contributed by atoms with Gasteiger partial charge in [0.1, 0.15) is 24.2 Å². The van der Waals surface area contributed by atoms with Crippen molar-refractivity contribution in [3.63, 3.8) is 0 Å². The molecule has 0 bridgehead atoms. The lowest BCUT2D eigenvalue weighted by Gasteiger charge is -2.41. The van der Waals surface area contributed by atoms with Gasteiger partial charge in [0.2, 0.25) is 35.4 Å². The predicted octanol–water partition coefficient (Wildman–Crippen LogP) is 4.26. The van der Waals surface area contributed by atoms with Crippen LogP contribution in [0.15, 0.2) is 36.4 Å². The summed E-state index contributed by atoms with van der Waals surface area (Å²) in [4.78, 5) is 90.8. The number of piperazine rings is 1. The van der Waals surface area contributed by atoms with Crippen LogP contribution >= 0.6 is 0 Å². The Balaban J connectivity index is 0.990. The van der Waals surface area contributed by atoms with Gasteiger partial charge in [-0.3, -0.25) is 28.8 Å². The largest absolute Gasteiger partial charge is 0.368 e. The van der Waals surface area contributed by atoms with Gasteiger partial charge in [0.15, 0.2) is 0 Å². The number of nitrogens with one attached hydrogen (secondary N) is 6. The monoisotopic (exact) mass is 967 g/mol. The third-order valence-corrected chi connectivity index (χ3v) is 15.7. The lowest BCUT2D eigenvalue weighted by atomic mass is 9.85. The van der Waals surface area contributed by atoms with Crippen molar-refractivity contribution in [3.05, 3.63) is 58.7 Å². The molecule has 2 aromatic rings. The first-order chi connectivity index (χ1) is 33.2. The Morgan fingerprint density at radius 2 is 0.900 bits per heavy atom. The zero-order valence-electron chi connectivity index (χ0n) is 43.6. The van der Waals surface area contributed by atoms with E-state index in [4.69, 9.17) is 0 Å². The van der Waals surface area contributed by atoms with Crippen molar-refractivity contribution in [2.24, 2.45) is 10.8 Å². The van der Waals surface area contributed by atoms with Crippen molar-refractivity contribution in [1.82, 2.24) is 41.7 Å². The topological polar surface area (TPSA) is 188 Å². The van der Waals surface area contributed by atoms with Gasteiger partial charge in [-0.1, -0.05) is 65.8 Å². The van der Waals surface area contributed by atoms with Crippen LogP contribution in [0.2, 0.25) is 0 Å². The maximum Gasteiger partial charge on any atom is 0.246 e. The SMILES string of the molecule is CN[C@@H](C)C(=O)N[C@H](C(=O)N1CCCC1C(=O)N[C@@H]1CCCc2c1cccc2N1CCN(c2cccc3c2CCC[C@H]3NC(=O)[C@@H]2CCCN2C(=O)[C@@H](NC(=O)[C@H](C)NC)C(C)(C)C)CC1)C(C)(C)C. The highest BCUT2D eigenvalue weighted by Crippen LogP contribution is 2.40. The molecule has 3 fully saturated rings. The van der Waals surface area contributed by atoms with Gasteiger partial charge in [0, 0.05) is 50.6 Å². The maximum absolute atomic E-state index is 14.2. The Morgan fingerprint density at radius 3 is 1.24 bits per heavy atom. The first-order valence-electron chi connectivity index (χ1n) is 26.1. The van der Waals surface area contributed by atoms with Gasteiger partial charge in [-0.2, -0.15) is 0 Å². The van der Waals surface area contributed by atoms with E-state index in [0.29, 0.717) is 25.9 Å². The molecule has 3 aliphatic heterocycles. The van der Waals surface area contributed by atoms with Gasteiger partial charge in [-0.25, -0.2) is 0 Å². The zero-order valence-corrected chi connectivity index (χ0v) is 43.6. The molecule has 70 heavy (non-hydrogen) atoms. The maximum atomic E-state index is 14.2. The molecule has 2 aliphatic carbocycles. The molecule has 5 aliphatic rings. The Kier molecular flexibility index (Phi) is 16.6. The molecule has 0 aromatic heterocycles. The quantitative estimate of drug-likeness (QED) is 0.160. The van der Waals surface area contributed by atoms with Gasteiger partial charge in [-0.15, -0.1) is 0 Å². The number of likely N-dealkylation sites (N-methyl/N-ethyl adjacent to an activating group) is 2. The third-order valence-electron chi connectivity index (χ3n) is 15.7. The minimum atomic E-state index is -0.768. The van der Waals surface area contributed by atoms with Crippen LogP contribution in [-0.4, -0.2) is 135 Å². The number of amides is 6. The molecule has 16 heteroatoms. The molecule has 3 heterocycles. The van der Waals surface area contributed by atoms with Gasteiger partial charge in [-0.05, 0) is 137 Å². The normalized spacial score (nSPS) is 23.3. The van der Waals surface area contributed by atoms with Crippen molar-refractivity contribution >= 4 is 46.8 Å². The van der Waals surface area contributed by atoms with Gasteiger partial charge in [0.25, 0.3) is 0 Å². The smallest absolute Gasteiger partial charge is 0.246 e. The number of benzene rings is 2. The predicted molar refractivity (Wildman–Crippen MR) is 274 cm³/mol. The first kappa shape index (κ1) is 52.6. The van der Waals surface area contributed by atoms with Crippen LogP contribution in [0.1, 0.15) is 141 Å². The minimum absolute atomic E-state index is 0.138. The summed E-state index contributed by atoms with van der Waals surface area (Å²) >= 11 is 0. The molecule has 0 spiro atoms. The second-order valence-corrected chi connectivity index (χ2v) is 22.6. The van der Waals surface area contributed by atoms with E-state index in [1.165, 1.54) is 22.5 Å². The second kappa shape index (κ2) is 22.0. The van der Waals surface area contributed by atoms with Crippen LogP contribution in [-0.2, 0) is 41.6 Å². The molecule has 0 saturated carbocycles. The average molecular weight is 967 g/mol. The lowest BCUT2D eigenvalue weighted by Crippen LogP contribution is -2.59. The molecule has 2 aromatic carbocycles. The summed E-state index contributed by atoms with van der Waals surface area (Å²) in [5.74, 6) is -1.21. The average Bonchev–Trinajstić information content (AvgIpc) is 4.05. The van der Waals surface area contributed by atoms with Crippen molar-refractivity contribution in [2.45, 2.75) is 168 Å². The molecule has 6 amide bonds. The summed E-state index contributed by atoms with van der Waals surface area (Å²) in [6.45, 7) is 19.4. The molecular weight excluding hydrogens is 885 g/mol. The van der Waals surface area contributed by atoms with E-state index in [0.717, 1.165) is 88.7 Å². The van der Waals surface area contributed by atoms with E-state index in [2.05, 4.69) is 78.1 Å². The number of fused-ring (bicyclic) bond motifs is 2. The standard InChI is InChI=1S/C54H82N10O6/c1-33(55-9)47(65)59-45(53(3,4)5)51(69)63-27-15-25-43(63)49(67)57-39-21-11-19-37-35(39)17-13-23-41(37)61-29-31-62(32-30-61)42-24-14-18-36-38(42)20-12-22-40(36)58-50(68)44-26-16-28-64(44)52(70)46(54(6,7)8)60-48(66)34(2)56-10/h13-14,17-18,23-24,33-34,39-40,43-46,55-56H,11-12,15-16,19-22,25-32H2,1-10H3,(H,57,67)(H,58,68)(H,59,65)(H,60,66)/t33-,34-,39+,40+,43-,44?,45+,46+/m0/s1. The van der Waals surface area contributed by atoms with Crippen LogP contribution in [0.5, 0.6) is 0 Å². The fourth-order valence-electron chi connectivity index (χ4n) is 11.3. The Morgan fingerprint density at radius 1 is 0.529 bits per heavy atom. The van der Waals surface area contributed by atoms with Crippen LogP contribution in [0.3, 0.4) is 0 Å². The van der Waals surface area contributed by atoms with Crippen molar-refractivity contribution in [2.75, 3.05) is 63.2 Å². The summed E-state index contributed by atoms with van der Waals surface area (Å²) in [5.41, 5.74) is 6.18. The van der Waals surface area contributed by atoms with Crippen LogP contribution in [0.4, 0.5) is 11.4 Å². The number of hydrogen-bond donors (Lipinski definition) is 6. The Hall–Kier alpha value is -5.22. The number of likely N-dealkylation sites (tertiary alicyclic amines) is 2. The van der Waals surface area contributed by atoms with Crippen molar-refractivity contribution in [3.8, 4) is 0 Å². The zero-order chi connectivity index (χ0) is 50.7. The highest BCUT2D eigenvalue weighted by Gasteiger charge is 2.45. The van der Waals surface area contributed by atoms with E-state index >= 15 is 0 Å². The highest BCUT2D eigenvalue weighted by molar-refractivity contribution is 5.95. The summed E-state index contributed by atoms with van der Waals surface area (Å²) < 4.78 is 0. The summed E-state index contributed by atoms with van der Waals surface area (Å²) in [6, 6.07) is 8.97. The molecule has 6 N–H and O–H groups in total. The summed E-state index contributed by atoms with van der Waals surface area (Å²) in [5, 5.41) is 18.6. The van der Waals surface area contributed by atoms with Gasteiger partial charge in [0.05, 0.1) is 24.2 Å². The molecule has 16 nitrogen and oxygen atoms in total. The number of carbonyl (C=O) groups excluding carboxylic acids is 6. The lowest BCUT2D eigenvalue weighted by molar-refractivity contribution is -0.144. The molecule has 1 unspecified atom stereocenters. The number of anilines is 2. The third kappa shape index (κ3) is 11.4. The van der Waals surface area contributed by atoms with Crippen molar-refractivity contribution < 1.29 is 28.8 Å². The van der Waals surface area contributed by atoms with E-state index in [9.17, 15) is 28.8 Å². The molecule has 384 valence electrons. The summed E-state index contributed by atoms with van der Waals surface area (Å²) in [6.07, 6.45) is 8.01. The molecular formula is C54H82N10O6. The first-order valence-corrected chi connectivity index (χ1v) is 26.1. The Bertz CT molecular complexity index is 2090. The van der Waals surface area contributed by atoms with E-state index < -0.39 is 47.1 Å². The van der Waals surface area contributed by atoms with E-state index in [-0.39, 0.29) is 47.5 Å². The number of hydrogen-bond acceptors (Lipinski definition) is 10. The Labute approximate surface area is 416 Å². The minimum Gasteiger partial charge on any atom is -0.368 e. The van der Waals surface area contributed by atoms with Crippen LogP contribution in [0.25, 0.3) is 0 Å². The van der Waals surface area contributed by atoms with Crippen LogP contribution in [0, 0.1) is 10.8 Å². The fourth-order valence-corrected chi connectivity index (χ4v) is 11.3. The van der Waals surface area contributed by atoms with Crippen molar-refractivity contribution in [1.29, 1.82) is 0 Å². The number of carbonyl (C=O) groups is 6. The van der Waals surface area contributed by atoms with E-state index in [1.807, 2.05) is 41.5 Å². The fraction of sp³-hybridized carbons (Fsp3) is 0.667. The summed E-state index contributed by atoms with van der Waals surface area (Å²) in [7, 11) is 3.42. The highest BCUT2D eigenvalue weighted by atomic mass is 16.2. The second-order valence-electron chi connectivity index (χ2n) is 22.6. The van der Waals surface area contributed by atoms with Gasteiger partial charge >= 0.3 is 0 Å². The molecule has 3 saturated heterocycles.